The van der Waals surface area contributed by atoms with Crippen molar-refractivity contribution in [2.24, 2.45) is 13.0 Å². The summed E-state index contributed by atoms with van der Waals surface area (Å²) >= 11 is 0. The monoisotopic (exact) mass is 444 g/mol. The van der Waals surface area contributed by atoms with Crippen LogP contribution in [-0.2, 0) is 13.5 Å². The van der Waals surface area contributed by atoms with Gasteiger partial charge in [-0.2, -0.15) is 5.10 Å². The summed E-state index contributed by atoms with van der Waals surface area (Å²) in [6, 6.07) is 18.3. The molecule has 0 spiro atoms. The fourth-order valence-corrected chi connectivity index (χ4v) is 5.68. The van der Waals surface area contributed by atoms with Gasteiger partial charge in [0.25, 0.3) is 11.5 Å². The predicted octanol–water partition coefficient (Wildman–Crippen LogP) is 3.49. The van der Waals surface area contributed by atoms with Crippen molar-refractivity contribution in [3.05, 3.63) is 76.2 Å². The maximum Gasteiger partial charge on any atom is 0.275 e. The van der Waals surface area contributed by atoms with E-state index in [2.05, 4.69) is 45.2 Å². The normalized spacial score (nSPS) is 21.2. The van der Waals surface area contributed by atoms with Gasteiger partial charge < -0.3 is 9.80 Å². The summed E-state index contributed by atoms with van der Waals surface area (Å²) in [6.07, 6.45) is 5.48. The number of benzene rings is 2. The van der Waals surface area contributed by atoms with E-state index < -0.39 is 0 Å². The molecule has 0 aliphatic carbocycles. The van der Waals surface area contributed by atoms with Crippen LogP contribution in [0.1, 0.15) is 41.7 Å². The number of aryl methyl sites for hydroxylation is 2. The molecule has 0 bridgehead atoms. The van der Waals surface area contributed by atoms with Crippen LogP contribution in [0.3, 0.4) is 0 Å². The molecule has 172 valence electrons. The summed E-state index contributed by atoms with van der Waals surface area (Å²) in [5.41, 5.74) is 1.64. The van der Waals surface area contributed by atoms with Crippen LogP contribution in [0.15, 0.2) is 59.4 Å². The molecule has 2 fully saturated rings. The smallest absolute Gasteiger partial charge is 0.275 e. The molecule has 3 aromatic rings. The molecular formula is C27H32N4O2. The quantitative estimate of drug-likeness (QED) is 0.605. The molecule has 1 amide bonds. The highest BCUT2D eigenvalue weighted by Crippen LogP contribution is 2.32. The van der Waals surface area contributed by atoms with Crippen LogP contribution >= 0.6 is 0 Å². The van der Waals surface area contributed by atoms with Crippen LogP contribution in [-0.4, -0.2) is 57.7 Å². The predicted molar refractivity (Wildman–Crippen MR) is 130 cm³/mol. The number of aromatic nitrogens is 2. The number of piperidine rings is 2. The number of amides is 1. The Bertz CT molecular complexity index is 1190. The standard InChI is InChI=1S/C27H32N4O2/c1-29-26(32)23-14-6-5-13-22(23)25(28-29)27(33)31-17-8-12-21-19-30(18-15-24(21)31)16-7-11-20-9-3-2-4-10-20/h2-6,9-10,13-14,21,24H,7-8,11-12,15-19H2,1H3/t21-,24+/m1/s1. The van der Waals surface area contributed by atoms with E-state index >= 15 is 0 Å². The first-order chi connectivity index (χ1) is 16.1. The lowest BCUT2D eigenvalue weighted by Crippen LogP contribution is -2.56. The zero-order valence-corrected chi connectivity index (χ0v) is 19.3. The number of likely N-dealkylation sites (tertiary alicyclic amines) is 2. The first kappa shape index (κ1) is 21.8. The van der Waals surface area contributed by atoms with E-state index in [1.54, 1.807) is 13.1 Å². The van der Waals surface area contributed by atoms with E-state index in [4.69, 9.17) is 0 Å². The fourth-order valence-electron chi connectivity index (χ4n) is 5.68. The van der Waals surface area contributed by atoms with Crippen LogP contribution in [0.2, 0.25) is 0 Å². The number of fused-ring (bicyclic) bond motifs is 2. The highest BCUT2D eigenvalue weighted by atomic mass is 16.2. The molecule has 1 aromatic heterocycles. The van der Waals surface area contributed by atoms with Crippen molar-refractivity contribution in [2.45, 2.75) is 38.1 Å². The first-order valence-electron chi connectivity index (χ1n) is 12.1. The molecular weight excluding hydrogens is 412 g/mol. The molecule has 6 nitrogen and oxygen atoms in total. The second-order valence-corrected chi connectivity index (χ2v) is 9.47. The SMILES string of the molecule is Cn1nc(C(=O)N2CCC[C@@H]3CN(CCCc4ccccc4)CC[C@@H]32)c2ccccc2c1=O. The number of carbonyl (C=O) groups is 1. The van der Waals surface area contributed by atoms with Crippen molar-refractivity contribution in [1.82, 2.24) is 19.6 Å². The Labute approximate surface area is 194 Å². The largest absolute Gasteiger partial charge is 0.334 e. The van der Waals surface area contributed by atoms with Crippen LogP contribution < -0.4 is 5.56 Å². The lowest BCUT2D eigenvalue weighted by atomic mass is 9.83. The van der Waals surface area contributed by atoms with E-state index in [1.807, 2.05) is 18.2 Å². The van der Waals surface area contributed by atoms with Gasteiger partial charge in [0.2, 0.25) is 0 Å². The Kier molecular flexibility index (Phi) is 6.27. The van der Waals surface area contributed by atoms with E-state index in [1.165, 1.54) is 16.7 Å². The van der Waals surface area contributed by atoms with E-state index in [-0.39, 0.29) is 17.5 Å². The second kappa shape index (κ2) is 9.48. The fraction of sp³-hybridized carbons (Fsp3) is 0.444. The van der Waals surface area contributed by atoms with Crippen molar-refractivity contribution in [1.29, 1.82) is 0 Å². The Morgan fingerprint density at radius 3 is 2.58 bits per heavy atom. The average Bonchev–Trinajstić information content (AvgIpc) is 2.86. The third-order valence-electron chi connectivity index (χ3n) is 7.35. The number of hydrogen-bond acceptors (Lipinski definition) is 4. The topological polar surface area (TPSA) is 58.4 Å². The van der Waals surface area contributed by atoms with Gasteiger partial charge in [0, 0.05) is 38.1 Å². The summed E-state index contributed by atoms with van der Waals surface area (Å²) in [6.45, 7) is 3.97. The summed E-state index contributed by atoms with van der Waals surface area (Å²) < 4.78 is 1.30. The zero-order chi connectivity index (χ0) is 22.8. The van der Waals surface area contributed by atoms with Crippen molar-refractivity contribution >= 4 is 16.7 Å². The lowest BCUT2D eigenvalue weighted by Gasteiger charge is -2.47. The Morgan fingerprint density at radius 1 is 1.00 bits per heavy atom. The lowest BCUT2D eigenvalue weighted by molar-refractivity contribution is 0.0196. The molecule has 5 rings (SSSR count). The average molecular weight is 445 g/mol. The van der Waals surface area contributed by atoms with Gasteiger partial charge in [-0.15, -0.1) is 0 Å². The van der Waals surface area contributed by atoms with E-state index in [0.29, 0.717) is 22.4 Å². The molecule has 33 heavy (non-hydrogen) atoms. The van der Waals surface area contributed by atoms with Gasteiger partial charge in [0.15, 0.2) is 5.69 Å². The Hall–Kier alpha value is -2.99. The molecule has 2 aliphatic heterocycles. The molecule has 0 unspecified atom stereocenters. The van der Waals surface area contributed by atoms with Crippen LogP contribution in [0, 0.1) is 5.92 Å². The van der Waals surface area contributed by atoms with Crippen molar-refractivity contribution in [3.8, 4) is 0 Å². The summed E-state index contributed by atoms with van der Waals surface area (Å²) in [5, 5.41) is 5.61. The minimum absolute atomic E-state index is 0.0333. The third kappa shape index (κ3) is 4.44. The Balaban J connectivity index is 1.28. The van der Waals surface area contributed by atoms with Gasteiger partial charge in [-0.05, 0) is 56.2 Å². The molecule has 3 heterocycles. The number of rotatable bonds is 5. The van der Waals surface area contributed by atoms with Gasteiger partial charge in [0.1, 0.15) is 0 Å². The van der Waals surface area contributed by atoms with Crippen LogP contribution in [0.4, 0.5) is 0 Å². The van der Waals surface area contributed by atoms with Gasteiger partial charge in [0.05, 0.1) is 5.39 Å². The number of nitrogens with zero attached hydrogens (tertiary/aromatic N) is 4. The maximum absolute atomic E-state index is 13.7. The highest BCUT2D eigenvalue weighted by Gasteiger charge is 2.39. The molecule has 2 aromatic carbocycles. The Morgan fingerprint density at radius 2 is 1.76 bits per heavy atom. The van der Waals surface area contributed by atoms with Crippen molar-refractivity contribution in [2.75, 3.05) is 26.2 Å². The molecule has 0 radical (unpaired) electrons. The van der Waals surface area contributed by atoms with Crippen LogP contribution in [0.5, 0.6) is 0 Å². The number of carbonyl (C=O) groups excluding carboxylic acids is 1. The molecule has 2 aliphatic rings. The summed E-state index contributed by atoms with van der Waals surface area (Å²) in [5.74, 6) is 0.473. The van der Waals surface area contributed by atoms with Gasteiger partial charge in [-0.3, -0.25) is 9.59 Å². The van der Waals surface area contributed by atoms with E-state index in [0.717, 1.165) is 51.9 Å². The van der Waals surface area contributed by atoms with Gasteiger partial charge >= 0.3 is 0 Å². The van der Waals surface area contributed by atoms with Crippen molar-refractivity contribution in [3.63, 3.8) is 0 Å². The molecule has 6 heteroatoms. The second-order valence-electron chi connectivity index (χ2n) is 9.47. The molecule has 0 N–H and O–H groups in total. The highest BCUT2D eigenvalue weighted by molar-refractivity contribution is 6.04. The first-order valence-corrected chi connectivity index (χ1v) is 12.1. The van der Waals surface area contributed by atoms with E-state index in [9.17, 15) is 9.59 Å². The summed E-state index contributed by atoms with van der Waals surface area (Å²) in [7, 11) is 1.62. The molecule has 2 saturated heterocycles. The maximum atomic E-state index is 13.7. The molecule has 2 atom stereocenters. The zero-order valence-electron chi connectivity index (χ0n) is 19.3. The third-order valence-corrected chi connectivity index (χ3v) is 7.35. The number of hydrogen-bond donors (Lipinski definition) is 0. The van der Waals surface area contributed by atoms with Crippen LogP contribution in [0.25, 0.3) is 10.8 Å². The minimum Gasteiger partial charge on any atom is -0.334 e. The van der Waals surface area contributed by atoms with Gasteiger partial charge in [-0.1, -0.05) is 48.5 Å². The minimum atomic E-state index is -0.164. The summed E-state index contributed by atoms with van der Waals surface area (Å²) in [4.78, 5) is 30.8. The molecule has 0 saturated carbocycles. The van der Waals surface area contributed by atoms with Gasteiger partial charge in [-0.25, -0.2) is 4.68 Å². The van der Waals surface area contributed by atoms with Crippen molar-refractivity contribution < 1.29 is 4.79 Å².